The van der Waals surface area contributed by atoms with E-state index in [4.69, 9.17) is 6.42 Å². The number of carbonyl (C=O) groups is 2. The number of carbonyl (C=O) groups excluding carboxylic acids is 2. The van der Waals surface area contributed by atoms with Crippen LogP contribution in [0.2, 0.25) is 0 Å². The highest BCUT2D eigenvalue weighted by atomic mass is 16.2. The lowest BCUT2D eigenvalue weighted by atomic mass is 10.0. The Balaban J connectivity index is 2.25. The zero-order chi connectivity index (χ0) is 13.0. The van der Waals surface area contributed by atoms with E-state index in [0.717, 1.165) is 13.1 Å². The number of hydrogen-bond acceptors (Lipinski definition) is 3. The van der Waals surface area contributed by atoms with Gasteiger partial charge in [-0.2, -0.15) is 0 Å². The van der Waals surface area contributed by atoms with Crippen molar-refractivity contribution in [2.24, 2.45) is 0 Å². The van der Waals surface area contributed by atoms with Crippen LogP contribution >= 0.6 is 0 Å². The predicted molar refractivity (Wildman–Crippen MR) is 68.5 cm³/mol. The highest BCUT2D eigenvalue weighted by Gasteiger charge is 2.18. The highest BCUT2D eigenvalue weighted by molar-refractivity contribution is 5.96. The van der Waals surface area contributed by atoms with Gasteiger partial charge in [0.05, 0.1) is 0 Å². The number of nitrogens with one attached hydrogen (secondary N) is 1. The van der Waals surface area contributed by atoms with Crippen molar-refractivity contribution < 1.29 is 9.59 Å². The van der Waals surface area contributed by atoms with Crippen LogP contribution in [0.1, 0.15) is 26.3 Å². The zero-order valence-electron chi connectivity index (χ0n) is 9.98. The molecule has 1 amide bonds. The Morgan fingerprint density at radius 2 is 2.11 bits per heavy atom. The molecule has 0 saturated carbocycles. The Kier molecular flexibility index (Phi) is 3.75. The lowest BCUT2D eigenvalue weighted by molar-refractivity contribution is 0.0736. The van der Waals surface area contributed by atoms with Crippen LogP contribution in [-0.4, -0.2) is 43.3 Å². The van der Waals surface area contributed by atoms with E-state index in [0.29, 0.717) is 36.1 Å². The van der Waals surface area contributed by atoms with Crippen LogP contribution in [0.25, 0.3) is 0 Å². The van der Waals surface area contributed by atoms with Gasteiger partial charge in [0.1, 0.15) is 0 Å². The van der Waals surface area contributed by atoms with Gasteiger partial charge in [-0.05, 0) is 18.2 Å². The van der Waals surface area contributed by atoms with Gasteiger partial charge in [-0.15, -0.1) is 6.42 Å². The minimum atomic E-state index is -0.0526. The molecule has 1 aromatic rings. The quantitative estimate of drug-likeness (QED) is 0.608. The molecule has 0 aromatic heterocycles. The summed E-state index contributed by atoms with van der Waals surface area (Å²) in [6.07, 6.45) is 5.97. The van der Waals surface area contributed by atoms with Crippen molar-refractivity contribution in [3.05, 3.63) is 34.9 Å². The van der Waals surface area contributed by atoms with E-state index in [9.17, 15) is 9.59 Å². The van der Waals surface area contributed by atoms with Gasteiger partial charge < -0.3 is 10.2 Å². The summed E-state index contributed by atoms with van der Waals surface area (Å²) >= 11 is 0. The van der Waals surface area contributed by atoms with Gasteiger partial charge in [0.2, 0.25) is 0 Å². The van der Waals surface area contributed by atoms with Crippen LogP contribution in [0, 0.1) is 12.3 Å². The number of amides is 1. The van der Waals surface area contributed by atoms with E-state index in [2.05, 4.69) is 11.2 Å². The summed E-state index contributed by atoms with van der Waals surface area (Å²) in [6.45, 7) is 2.97. The van der Waals surface area contributed by atoms with Crippen molar-refractivity contribution in [3.8, 4) is 12.3 Å². The fraction of sp³-hybridized carbons (Fsp3) is 0.286. The molecule has 1 saturated heterocycles. The molecule has 92 valence electrons. The fourth-order valence-corrected chi connectivity index (χ4v) is 1.98. The number of hydrogen-bond donors (Lipinski definition) is 1. The second-order valence-electron chi connectivity index (χ2n) is 4.11. The SMILES string of the molecule is C#Cc1ccc(C(=O)N2CCNCC2)cc1C=O. The van der Waals surface area contributed by atoms with E-state index in [1.165, 1.54) is 0 Å². The van der Waals surface area contributed by atoms with Crippen LogP contribution in [-0.2, 0) is 0 Å². The molecule has 1 heterocycles. The van der Waals surface area contributed by atoms with Gasteiger partial charge in [0.15, 0.2) is 6.29 Å². The maximum absolute atomic E-state index is 12.2. The Bertz CT molecular complexity index is 511. The number of terminal acetylenes is 1. The molecule has 0 atom stereocenters. The van der Waals surface area contributed by atoms with Gasteiger partial charge in [-0.25, -0.2) is 0 Å². The summed E-state index contributed by atoms with van der Waals surface area (Å²) in [5.41, 5.74) is 1.42. The third-order valence-electron chi connectivity index (χ3n) is 2.99. The van der Waals surface area contributed by atoms with Crippen LogP contribution in [0.5, 0.6) is 0 Å². The van der Waals surface area contributed by atoms with Crippen molar-refractivity contribution >= 4 is 12.2 Å². The first-order chi connectivity index (χ1) is 8.76. The van der Waals surface area contributed by atoms with Crippen LogP contribution in [0.15, 0.2) is 18.2 Å². The lowest BCUT2D eigenvalue weighted by Gasteiger charge is -2.27. The van der Waals surface area contributed by atoms with Gasteiger partial charge in [-0.3, -0.25) is 9.59 Å². The Morgan fingerprint density at radius 3 is 2.72 bits per heavy atom. The second-order valence-corrected chi connectivity index (χ2v) is 4.11. The van der Waals surface area contributed by atoms with Crippen molar-refractivity contribution in [2.45, 2.75) is 0 Å². The molecule has 18 heavy (non-hydrogen) atoms. The van der Waals surface area contributed by atoms with Crippen molar-refractivity contribution in [1.82, 2.24) is 10.2 Å². The first-order valence-corrected chi connectivity index (χ1v) is 5.82. The first kappa shape index (κ1) is 12.3. The summed E-state index contributed by atoms with van der Waals surface area (Å²) in [7, 11) is 0. The number of piperazine rings is 1. The number of aldehydes is 1. The molecule has 0 aliphatic carbocycles. The molecular formula is C14H14N2O2. The van der Waals surface area contributed by atoms with E-state index < -0.39 is 0 Å². The molecule has 0 unspecified atom stereocenters. The molecule has 1 aliphatic rings. The maximum atomic E-state index is 12.2. The molecule has 0 radical (unpaired) electrons. The minimum Gasteiger partial charge on any atom is -0.336 e. The monoisotopic (exact) mass is 242 g/mol. The maximum Gasteiger partial charge on any atom is 0.253 e. The summed E-state index contributed by atoms with van der Waals surface area (Å²) < 4.78 is 0. The molecule has 0 bridgehead atoms. The normalized spacial score (nSPS) is 14.9. The van der Waals surface area contributed by atoms with Crippen LogP contribution in [0.4, 0.5) is 0 Å². The molecule has 1 aliphatic heterocycles. The van der Waals surface area contributed by atoms with Crippen LogP contribution in [0.3, 0.4) is 0 Å². The molecule has 2 rings (SSSR count). The van der Waals surface area contributed by atoms with Crippen molar-refractivity contribution in [3.63, 3.8) is 0 Å². The minimum absolute atomic E-state index is 0.0526. The molecule has 1 fully saturated rings. The third-order valence-corrected chi connectivity index (χ3v) is 2.99. The molecule has 4 nitrogen and oxygen atoms in total. The number of benzene rings is 1. The van der Waals surface area contributed by atoms with Gasteiger partial charge >= 0.3 is 0 Å². The Hall–Kier alpha value is -2.12. The zero-order valence-corrected chi connectivity index (χ0v) is 9.98. The average Bonchev–Trinajstić information content (AvgIpc) is 2.46. The van der Waals surface area contributed by atoms with Crippen molar-refractivity contribution in [1.29, 1.82) is 0 Å². The number of rotatable bonds is 2. The Labute approximate surface area is 106 Å². The van der Waals surface area contributed by atoms with E-state index >= 15 is 0 Å². The summed E-state index contributed by atoms with van der Waals surface area (Å²) in [5, 5.41) is 3.19. The third kappa shape index (κ3) is 2.41. The molecule has 1 N–H and O–H groups in total. The van der Waals surface area contributed by atoms with E-state index in [-0.39, 0.29) is 5.91 Å². The molecule has 0 spiro atoms. The van der Waals surface area contributed by atoms with Crippen molar-refractivity contribution in [2.75, 3.05) is 26.2 Å². The first-order valence-electron chi connectivity index (χ1n) is 5.82. The summed E-state index contributed by atoms with van der Waals surface area (Å²) in [6, 6.07) is 4.87. The molecule has 1 aromatic carbocycles. The summed E-state index contributed by atoms with van der Waals surface area (Å²) in [5.74, 6) is 2.37. The predicted octanol–water partition coefficient (Wildman–Crippen LogP) is 0.526. The average molecular weight is 242 g/mol. The Morgan fingerprint density at radius 1 is 1.39 bits per heavy atom. The van der Waals surface area contributed by atoms with Crippen LogP contribution < -0.4 is 5.32 Å². The van der Waals surface area contributed by atoms with Gasteiger partial charge in [-0.1, -0.05) is 5.92 Å². The van der Waals surface area contributed by atoms with Gasteiger partial charge in [0.25, 0.3) is 5.91 Å². The largest absolute Gasteiger partial charge is 0.336 e. The fourth-order valence-electron chi connectivity index (χ4n) is 1.98. The molecular weight excluding hydrogens is 228 g/mol. The van der Waals surface area contributed by atoms with Gasteiger partial charge in [0, 0.05) is 42.9 Å². The highest BCUT2D eigenvalue weighted by Crippen LogP contribution is 2.12. The standard InChI is InChI=1S/C14H14N2O2/c1-2-11-3-4-12(9-13(11)10-17)14(18)16-7-5-15-6-8-16/h1,3-4,9-10,15H,5-8H2. The molecule has 4 heteroatoms. The van der Waals surface area contributed by atoms with E-state index in [1.807, 2.05) is 0 Å². The summed E-state index contributed by atoms with van der Waals surface area (Å²) in [4.78, 5) is 24.9. The smallest absolute Gasteiger partial charge is 0.253 e. The number of nitrogens with zero attached hydrogens (tertiary/aromatic N) is 1. The van der Waals surface area contributed by atoms with E-state index in [1.54, 1.807) is 23.1 Å². The second kappa shape index (κ2) is 5.48. The lowest BCUT2D eigenvalue weighted by Crippen LogP contribution is -2.46. The topological polar surface area (TPSA) is 49.4 Å².